The first-order valence-corrected chi connectivity index (χ1v) is 5.91. The number of hydrogen-bond acceptors (Lipinski definition) is 3. The highest BCUT2D eigenvalue weighted by Gasteiger charge is 2.14. The average molecular weight is 280 g/mol. The summed E-state index contributed by atoms with van der Waals surface area (Å²) in [6, 6.07) is 6.02. The normalized spacial score (nSPS) is 10.3. The quantitative estimate of drug-likeness (QED) is 0.868. The van der Waals surface area contributed by atoms with Gasteiger partial charge in [0.25, 0.3) is 0 Å². The summed E-state index contributed by atoms with van der Waals surface area (Å²) < 4.78 is 20.5. The summed E-state index contributed by atoms with van der Waals surface area (Å²) in [5, 5.41) is 13.6. The molecule has 0 unspecified atom stereocenters. The third-order valence-corrected chi connectivity index (χ3v) is 3.20. The van der Waals surface area contributed by atoms with E-state index < -0.39 is 5.82 Å². The lowest BCUT2D eigenvalue weighted by Crippen LogP contribution is -2.04. The molecule has 0 spiro atoms. The van der Waals surface area contributed by atoms with Gasteiger partial charge in [0.15, 0.2) is 0 Å². The zero-order valence-electron chi connectivity index (χ0n) is 10.4. The van der Waals surface area contributed by atoms with Crippen LogP contribution in [0.2, 0.25) is 5.02 Å². The van der Waals surface area contributed by atoms with Crippen LogP contribution in [0.4, 0.5) is 4.39 Å². The van der Waals surface area contributed by atoms with E-state index in [0.717, 1.165) is 0 Å². The third-order valence-electron chi connectivity index (χ3n) is 2.71. The Morgan fingerprint density at radius 3 is 2.84 bits per heavy atom. The monoisotopic (exact) mass is 279 g/mol. The standard InChI is InChI=1S/C13H11ClFN3O/c1-8-13(14)11(18(2)17-8)7-19-12-5-3-4-10(15)9(12)6-16/h3-5H,7H2,1-2H3. The first-order valence-electron chi connectivity index (χ1n) is 5.54. The summed E-state index contributed by atoms with van der Waals surface area (Å²) >= 11 is 6.08. The maximum atomic E-state index is 13.4. The molecule has 0 aliphatic carbocycles. The zero-order valence-corrected chi connectivity index (χ0v) is 11.2. The molecule has 0 atom stereocenters. The molecule has 0 fully saturated rings. The molecule has 0 aliphatic heterocycles. The zero-order chi connectivity index (χ0) is 14.0. The van der Waals surface area contributed by atoms with Gasteiger partial charge < -0.3 is 4.74 Å². The molecule has 1 heterocycles. The van der Waals surface area contributed by atoms with E-state index in [-0.39, 0.29) is 17.9 Å². The molecule has 0 aliphatic rings. The van der Waals surface area contributed by atoms with Crippen LogP contribution in [0.5, 0.6) is 5.75 Å². The van der Waals surface area contributed by atoms with Crippen LogP contribution in [0, 0.1) is 24.1 Å². The number of nitrogens with zero attached hydrogens (tertiary/aromatic N) is 3. The van der Waals surface area contributed by atoms with E-state index in [4.69, 9.17) is 21.6 Å². The van der Waals surface area contributed by atoms with Crippen molar-refractivity contribution in [3.63, 3.8) is 0 Å². The Morgan fingerprint density at radius 2 is 2.26 bits per heavy atom. The van der Waals surface area contributed by atoms with Crippen LogP contribution in [0.3, 0.4) is 0 Å². The molecule has 0 bridgehead atoms. The number of halogens is 2. The van der Waals surface area contributed by atoms with Gasteiger partial charge in [0.1, 0.15) is 29.8 Å². The van der Waals surface area contributed by atoms with Crippen molar-refractivity contribution in [2.75, 3.05) is 0 Å². The molecule has 2 aromatic rings. The predicted molar refractivity (Wildman–Crippen MR) is 68.4 cm³/mol. The number of nitriles is 1. The van der Waals surface area contributed by atoms with Gasteiger partial charge >= 0.3 is 0 Å². The molecule has 6 heteroatoms. The van der Waals surface area contributed by atoms with E-state index in [1.807, 2.05) is 0 Å². The van der Waals surface area contributed by atoms with Crippen molar-refractivity contribution in [3.8, 4) is 11.8 Å². The van der Waals surface area contributed by atoms with E-state index in [1.54, 1.807) is 30.8 Å². The highest BCUT2D eigenvalue weighted by molar-refractivity contribution is 6.31. The molecular formula is C13H11ClFN3O. The van der Waals surface area contributed by atoms with Crippen LogP contribution in [0.25, 0.3) is 0 Å². The minimum atomic E-state index is -0.604. The number of benzene rings is 1. The highest BCUT2D eigenvalue weighted by Crippen LogP contribution is 2.24. The molecule has 0 saturated carbocycles. The Morgan fingerprint density at radius 1 is 1.53 bits per heavy atom. The van der Waals surface area contributed by atoms with Gasteiger partial charge in [0, 0.05) is 7.05 Å². The van der Waals surface area contributed by atoms with Crippen molar-refractivity contribution in [1.29, 1.82) is 5.26 Å². The second-order valence-electron chi connectivity index (χ2n) is 3.98. The molecule has 0 N–H and O–H groups in total. The first kappa shape index (κ1) is 13.4. The van der Waals surface area contributed by atoms with Gasteiger partial charge in [-0.2, -0.15) is 10.4 Å². The Labute approximate surface area is 115 Å². The van der Waals surface area contributed by atoms with E-state index >= 15 is 0 Å². The summed E-state index contributed by atoms with van der Waals surface area (Å²) in [4.78, 5) is 0. The van der Waals surface area contributed by atoms with Gasteiger partial charge in [-0.25, -0.2) is 4.39 Å². The summed E-state index contributed by atoms with van der Waals surface area (Å²) in [6.07, 6.45) is 0. The van der Waals surface area contributed by atoms with Crippen LogP contribution in [-0.2, 0) is 13.7 Å². The molecule has 98 valence electrons. The lowest BCUT2D eigenvalue weighted by molar-refractivity contribution is 0.292. The lowest BCUT2D eigenvalue weighted by Gasteiger charge is -2.08. The second-order valence-corrected chi connectivity index (χ2v) is 4.36. The molecule has 0 radical (unpaired) electrons. The molecule has 4 nitrogen and oxygen atoms in total. The van der Waals surface area contributed by atoms with Crippen molar-refractivity contribution in [3.05, 3.63) is 46.0 Å². The number of hydrogen-bond donors (Lipinski definition) is 0. The van der Waals surface area contributed by atoms with Gasteiger partial charge in [-0.15, -0.1) is 0 Å². The average Bonchev–Trinajstić information content (AvgIpc) is 2.61. The number of aromatic nitrogens is 2. The maximum Gasteiger partial charge on any atom is 0.144 e. The fourth-order valence-electron chi connectivity index (χ4n) is 1.72. The Hall–Kier alpha value is -2.06. The summed E-state index contributed by atoms with van der Waals surface area (Å²) in [5.74, 6) is -0.412. The van der Waals surface area contributed by atoms with Crippen LogP contribution < -0.4 is 4.74 Å². The topological polar surface area (TPSA) is 50.8 Å². The SMILES string of the molecule is Cc1nn(C)c(COc2cccc(F)c2C#N)c1Cl. The van der Waals surface area contributed by atoms with Crippen molar-refractivity contribution in [1.82, 2.24) is 9.78 Å². The molecule has 0 amide bonds. The summed E-state index contributed by atoms with van der Waals surface area (Å²) in [6.45, 7) is 1.91. The molecule has 0 saturated heterocycles. The van der Waals surface area contributed by atoms with E-state index in [1.165, 1.54) is 12.1 Å². The van der Waals surface area contributed by atoms with Gasteiger partial charge in [-0.1, -0.05) is 17.7 Å². The summed E-state index contributed by atoms with van der Waals surface area (Å²) in [5.41, 5.74) is 1.26. The van der Waals surface area contributed by atoms with Gasteiger partial charge in [0.05, 0.1) is 16.4 Å². The highest BCUT2D eigenvalue weighted by atomic mass is 35.5. The fourth-order valence-corrected chi connectivity index (χ4v) is 1.93. The van der Waals surface area contributed by atoms with E-state index in [9.17, 15) is 4.39 Å². The van der Waals surface area contributed by atoms with Crippen LogP contribution in [-0.4, -0.2) is 9.78 Å². The number of aryl methyl sites for hydroxylation is 2. The second kappa shape index (κ2) is 5.29. The largest absolute Gasteiger partial charge is 0.486 e. The van der Waals surface area contributed by atoms with Crippen molar-refractivity contribution >= 4 is 11.6 Å². The molecule has 19 heavy (non-hydrogen) atoms. The minimum absolute atomic E-state index is 0.113. The fraction of sp³-hybridized carbons (Fsp3) is 0.231. The molecule has 1 aromatic carbocycles. The number of rotatable bonds is 3. The van der Waals surface area contributed by atoms with Gasteiger partial charge in [0.2, 0.25) is 0 Å². The number of ether oxygens (including phenoxy) is 1. The first-order chi connectivity index (χ1) is 9.04. The Balaban J connectivity index is 2.25. The predicted octanol–water partition coefficient (Wildman–Crippen LogP) is 2.97. The van der Waals surface area contributed by atoms with E-state index in [2.05, 4.69) is 5.10 Å². The van der Waals surface area contributed by atoms with Crippen molar-refractivity contribution in [2.24, 2.45) is 7.05 Å². The summed E-state index contributed by atoms with van der Waals surface area (Å²) in [7, 11) is 1.74. The Bertz CT molecular complexity index is 661. The Kier molecular flexibility index (Phi) is 3.72. The van der Waals surface area contributed by atoms with Crippen LogP contribution in [0.15, 0.2) is 18.2 Å². The van der Waals surface area contributed by atoms with Crippen LogP contribution in [0.1, 0.15) is 17.0 Å². The van der Waals surface area contributed by atoms with Gasteiger partial charge in [-0.3, -0.25) is 4.68 Å². The minimum Gasteiger partial charge on any atom is -0.486 e. The van der Waals surface area contributed by atoms with Crippen molar-refractivity contribution < 1.29 is 9.13 Å². The van der Waals surface area contributed by atoms with Crippen LogP contribution >= 0.6 is 11.6 Å². The van der Waals surface area contributed by atoms with Gasteiger partial charge in [-0.05, 0) is 19.1 Å². The maximum absolute atomic E-state index is 13.4. The smallest absolute Gasteiger partial charge is 0.144 e. The van der Waals surface area contributed by atoms with Crippen molar-refractivity contribution in [2.45, 2.75) is 13.5 Å². The molecule has 2 rings (SSSR count). The lowest BCUT2D eigenvalue weighted by atomic mass is 10.2. The third kappa shape index (κ3) is 2.54. The molecular weight excluding hydrogens is 269 g/mol. The molecule has 1 aromatic heterocycles. The van der Waals surface area contributed by atoms with E-state index in [0.29, 0.717) is 16.4 Å².